The normalized spacial score (nSPS) is 20.5. The van der Waals surface area contributed by atoms with E-state index in [-0.39, 0.29) is 17.2 Å². The number of carbonyl (C=O) groups is 1. The van der Waals surface area contributed by atoms with Crippen molar-refractivity contribution in [2.45, 2.75) is 18.5 Å². The van der Waals surface area contributed by atoms with Gasteiger partial charge in [-0.1, -0.05) is 17.7 Å². The van der Waals surface area contributed by atoms with Crippen molar-refractivity contribution in [1.29, 1.82) is 0 Å². The topological polar surface area (TPSA) is 29.1 Å². The molecular formula is C11H10F3NOS. The Labute approximate surface area is 101 Å². The Balaban J connectivity index is 2.44. The van der Waals surface area contributed by atoms with E-state index in [0.29, 0.717) is 0 Å². The van der Waals surface area contributed by atoms with Gasteiger partial charge in [0.15, 0.2) is 0 Å². The number of hydrogen-bond donors (Lipinski definition) is 1. The largest absolute Gasteiger partial charge is 0.416 e. The van der Waals surface area contributed by atoms with Crippen LogP contribution in [0.15, 0.2) is 18.2 Å². The molecule has 0 saturated carbocycles. The fraction of sp³-hybridized carbons (Fsp3) is 0.364. The molecule has 0 aromatic heterocycles. The lowest BCUT2D eigenvalue weighted by molar-refractivity contribution is -0.138. The highest BCUT2D eigenvalue weighted by Crippen LogP contribution is 2.40. The number of hydrogen-bond acceptors (Lipinski definition) is 2. The van der Waals surface area contributed by atoms with E-state index in [1.54, 1.807) is 6.92 Å². The molecule has 0 aliphatic carbocycles. The maximum absolute atomic E-state index is 12.8. The molecule has 1 fully saturated rings. The van der Waals surface area contributed by atoms with Crippen LogP contribution in [0, 0.1) is 6.92 Å². The van der Waals surface area contributed by atoms with Crippen LogP contribution in [0.5, 0.6) is 0 Å². The highest BCUT2D eigenvalue weighted by atomic mass is 32.2. The summed E-state index contributed by atoms with van der Waals surface area (Å²) in [6.45, 7) is 1.73. The van der Waals surface area contributed by atoms with Gasteiger partial charge in [0.25, 0.3) is 0 Å². The van der Waals surface area contributed by atoms with Crippen LogP contribution in [-0.4, -0.2) is 11.7 Å². The minimum Gasteiger partial charge on any atom is -0.339 e. The van der Waals surface area contributed by atoms with Gasteiger partial charge in [-0.05, 0) is 18.6 Å². The van der Waals surface area contributed by atoms with Crippen molar-refractivity contribution in [3.05, 3.63) is 34.9 Å². The summed E-state index contributed by atoms with van der Waals surface area (Å²) in [5.74, 6) is -0.0229. The van der Waals surface area contributed by atoms with Crippen molar-refractivity contribution in [3.63, 3.8) is 0 Å². The van der Waals surface area contributed by atoms with Crippen molar-refractivity contribution in [2.75, 3.05) is 5.75 Å². The highest BCUT2D eigenvalue weighted by Gasteiger charge is 2.37. The zero-order valence-electron chi connectivity index (χ0n) is 8.97. The Bertz CT molecular complexity index is 459. The molecule has 1 heterocycles. The first-order valence-corrected chi connectivity index (χ1v) is 6.01. The molecule has 1 atom stereocenters. The molecule has 92 valence electrons. The van der Waals surface area contributed by atoms with Crippen LogP contribution in [0.25, 0.3) is 0 Å². The molecule has 1 unspecified atom stereocenters. The fourth-order valence-electron chi connectivity index (χ4n) is 1.71. The molecule has 0 radical (unpaired) electrons. The lowest BCUT2D eigenvalue weighted by Crippen LogP contribution is -2.21. The van der Waals surface area contributed by atoms with E-state index in [4.69, 9.17) is 0 Å². The first-order chi connectivity index (χ1) is 7.88. The number of aryl methyl sites for hydroxylation is 1. The zero-order valence-corrected chi connectivity index (χ0v) is 9.78. The monoisotopic (exact) mass is 261 g/mol. The summed E-state index contributed by atoms with van der Waals surface area (Å²) in [7, 11) is 0. The van der Waals surface area contributed by atoms with Crippen molar-refractivity contribution in [1.82, 2.24) is 5.32 Å². The molecule has 17 heavy (non-hydrogen) atoms. The van der Waals surface area contributed by atoms with Gasteiger partial charge in [-0.15, -0.1) is 11.8 Å². The van der Waals surface area contributed by atoms with E-state index in [1.807, 2.05) is 0 Å². The van der Waals surface area contributed by atoms with Gasteiger partial charge in [-0.2, -0.15) is 13.2 Å². The Hall–Kier alpha value is -1.17. The summed E-state index contributed by atoms with van der Waals surface area (Å²) in [6, 6.07) is 3.97. The second-order valence-electron chi connectivity index (χ2n) is 3.85. The Morgan fingerprint density at radius 3 is 2.65 bits per heavy atom. The molecule has 1 saturated heterocycles. The van der Waals surface area contributed by atoms with E-state index in [0.717, 1.165) is 11.6 Å². The van der Waals surface area contributed by atoms with Gasteiger partial charge >= 0.3 is 6.18 Å². The zero-order chi connectivity index (χ0) is 12.6. The average molecular weight is 261 g/mol. The molecule has 1 aromatic rings. The number of nitrogens with one attached hydrogen (secondary N) is 1. The number of alkyl halides is 3. The molecule has 1 N–H and O–H groups in total. The van der Waals surface area contributed by atoms with Crippen molar-refractivity contribution < 1.29 is 18.0 Å². The van der Waals surface area contributed by atoms with Crippen LogP contribution in [0.4, 0.5) is 13.2 Å². The Morgan fingerprint density at radius 2 is 2.12 bits per heavy atom. The lowest BCUT2D eigenvalue weighted by atomic mass is 10.0. The van der Waals surface area contributed by atoms with Gasteiger partial charge in [0.1, 0.15) is 5.37 Å². The van der Waals surface area contributed by atoms with Gasteiger partial charge < -0.3 is 5.32 Å². The number of thioether (sulfide) groups is 1. The first kappa shape index (κ1) is 12.3. The quantitative estimate of drug-likeness (QED) is 0.842. The van der Waals surface area contributed by atoms with Gasteiger partial charge in [0.2, 0.25) is 5.91 Å². The maximum atomic E-state index is 12.8. The fourth-order valence-corrected chi connectivity index (χ4v) is 2.70. The number of benzene rings is 1. The van der Waals surface area contributed by atoms with E-state index in [9.17, 15) is 18.0 Å². The van der Waals surface area contributed by atoms with E-state index >= 15 is 0 Å². The molecule has 2 nitrogen and oxygen atoms in total. The van der Waals surface area contributed by atoms with E-state index in [2.05, 4.69) is 5.32 Å². The second kappa shape index (κ2) is 4.25. The minimum atomic E-state index is -4.39. The molecule has 1 aliphatic rings. The van der Waals surface area contributed by atoms with Crippen LogP contribution in [-0.2, 0) is 11.0 Å². The number of carbonyl (C=O) groups excluding carboxylic acids is 1. The lowest BCUT2D eigenvalue weighted by Gasteiger charge is -2.17. The number of halogens is 3. The molecule has 1 aliphatic heterocycles. The molecule has 6 heteroatoms. The summed E-state index contributed by atoms with van der Waals surface area (Å²) in [5.41, 5.74) is 0.200. The average Bonchev–Trinajstić information content (AvgIpc) is 2.62. The van der Waals surface area contributed by atoms with Crippen LogP contribution < -0.4 is 5.32 Å². The van der Waals surface area contributed by atoms with Gasteiger partial charge in [0, 0.05) is 0 Å². The predicted molar refractivity (Wildman–Crippen MR) is 59.5 cm³/mol. The van der Waals surface area contributed by atoms with Gasteiger partial charge in [-0.25, -0.2) is 0 Å². The Kier molecular flexibility index (Phi) is 3.07. The van der Waals surface area contributed by atoms with Gasteiger partial charge in [0.05, 0.1) is 11.3 Å². The van der Waals surface area contributed by atoms with Crippen LogP contribution in [0.3, 0.4) is 0 Å². The van der Waals surface area contributed by atoms with E-state index < -0.39 is 17.1 Å². The summed E-state index contributed by atoms with van der Waals surface area (Å²) in [5, 5.41) is 1.94. The number of rotatable bonds is 1. The Morgan fingerprint density at radius 1 is 1.41 bits per heavy atom. The first-order valence-electron chi connectivity index (χ1n) is 4.96. The maximum Gasteiger partial charge on any atom is 0.416 e. The van der Waals surface area contributed by atoms with E-state index in [1.165, 1.54) is 23.9 Å². The van der Waals surface area contributed by atoms with Crippen LogP contribution in [0.1, 0.15) is 22.1 Å². The molecule has 1 amide bonds. The molecule has 2 rings (SSSR count). The minimum absolute atomic E-state index is 0.133. The molecular weight excluding hydrogens is 251 g/mol. The molecule has 0 spiro atoms. The third-order valence-corrected chi connectivity index (χ3v) is 3.60. The highest BCUT2D eigenvalue weighted by molar-refractivity contribution is 8.00. The third kappa shape index (κ3) is 2.57. The second-order valence-corrected chi connectivity index (χ2v) is 4.94. The van der Waals surface area contributed by atoms with Crippen molar-refractivity contribution in [3.8, 4) is 0 Å². The SMILES string of the molecule is Cc1ccc(C(F)(F)F)c(C2NC(=O)CS2)c1. The van der Waals surface area contributed by atoms with Crippen molar-refractivity contribution >= 4 is 17.7 Å². The predicted octanol–water partition coefficient (Wildman–Crippen LogP) is 2.88. The van der Waals surface area contributed by atoms with Crippen molar-refractivity contribution in [2.24, 2.45) is 0 Å². The van der Waals surface area contributed by atoms with Crippen LogP contribution in [0.2, 0.25) is 0 Å². The summed E-state index contributed by atoms with van der Waals surface area (Å²) in [4.78, 5) is 11.1. The summed E-state index contributed by atoms with van der Waals surface area (Å²) < 4.78 is 38.4. The smallest absolute Gasteiger partial charge is 0.339 e. The third-order valence-electron chi connectivity index (χ3n) is 2.47. The molecule has 1 aromatic carbocycles. The standard InChI is InChI=1S/C11H10F3NOS/c1-6-2-3-8(11(12,13)14)7(4-6)10-15-9(16)5-17-10/h2-4,10H,5H2,1H3,(H,15,16). The van der Waals surface area contributed by atoms with Gasteiger partial charge in [-0.3, -0.25) is 4.79 Å². The van der Waals surface area contributed by atoms with Crippen LogP contribution >= 0.6 is 11.8 Å². The summed E-state index contributed by atoms with van der Waals surface area (Å²) >= 11 is 1.18. The summed E-state index contributed by atoms with van der Waals surface area (Å²) in [6.07, 6.45) is -4.39. The number of amides is 1. The molecule has 0 bridgehead atoms.